The molecule has 32 heavy (non-hydrogen) atoms. The van der Waals surface area contributed by atoms with Crippen LogP contribution in [0.25, 0.3) is 11.1 Å². The second-order valence-electron chi connectivity index (χ2n) is 8.59. The molecule has 3 aromatic rings. The highest BCUT2D eigenvalue weighted by Gasteiger charge is 2.45. The van der Waals surface area contributed by atoms with Crippen LogP contribution in [0.1, 0.15) is 36.6 Å². The minimum absolute atomic E-state index is 0.0878. The number of carbonyl (C=O) groups is 1. The molecule has 1 aliphatic heterocycles. The number of hydrogen-bond acceptors (Lipinski definition) is 3. The number of hydrogen-bond donors (Lipinski definition) is 0. The van der Waals surface area contributed by atoms with Crippen LogP contribution >= 0.6 is 0 Å². The van der Waals surface area contributed by atoms with Crippen LogP contribution < -0.4 is 0 Å². The fourth-order valence-corrected chi connectivity index (χ4v) is 5.71. The van der Waals surface area contributed by atoms with Crippen LogP contribution in [0.4, 0.5) is 4.79 Å². The van der Waals surface area contributed by atoms with Crippen LogP contribution in [-0.4, -0.2) is 36.2 Å². The topological polar surface area (TPSA) is 57.7 Å². The summed E-state index contributed by atoms with van der Waals surface area (Å²) in [6.07, 6.45) is 0. The molecule has 0 radical (unpaired) electrons. The third-order valence-electron chi connectivity index (χ3n) is 5.97. The van der Waals surface area contributed by atoms with Gasteiger partial charge in [-0.05, 0) is 68.1 Å². The molecule has 0 aliphatic carbocycles. The van der Waals surface area contributed by atoms with Crippen molar-refractivity contribution in [1.82, 2.24) is 9.21 Å². The predicted octanol–water partition coefficient (Wildman–Crippen LogP) is 5.55. The molecule has 6 heteroatoms. The number of nitrogens with zero attached hydrogens (tertiary/aromatic N) is 2. The molecule has 1 saturated heterocycles. The molecule has 3 aromatic carbocycles. The molecule has 166 valence electrons. The molecule has 0 aromatic heterocycles. The minimum Gasteiger partial charge on any atom is -0.312 e. The van der Waals surface area contributed by atoms with Crippen molar-refractivity contribution < 1.29 is 13.2 Å². The lowest BCUT2D eigenvalue weighted by Crippen LogP contribution is -2.39. The van der Waals surface area contributed by atoms with Gasteiger partial charge in [-0.15, -0.1) is 0 Å². The lowest BCUT2D eigenvalue weighted by Gasteiger charge is -2.27. The molecule has 0 bridgehead atoms. The van der Waals surface area contributed by atoms with Gasteiger partial charge in [0, 0.05) is 6.04 Å². The Labute approximate surface area is 190 Å². The number of carbonyl (C=O) groups excluding carboxylic acids is 1. The lowest BCUT2D eigenvalue weighted by molar-refractivity contribution is 0.181. The van der Waals surface area contributed by atoms with Crippen molar-refractivity contribution >= 4 is 16.1 Å². The Balaban J connectivity index is 1.75. The quantitative estimate of drug-likeness (QED) is 0.514. The molecule has 0 saturated carbocycles. The fourth-order valence-electron chi connectivity index (χ4n) is 4.31. The second-order valence-corrected chi connectivity index (χ2v) is 10.5. The van der Waals surface area contributed by atoms with Crippen molar-refractivity contribution in [3.63, 3.8) is 0 Å². The molecule has 4 rings (SSSR count). The standard InChI is InChI=1S/C26H28N2O3S/c1-18(2)28-25(17-27(26(28)29)32(30,31)23-11-6-5-7-12-23)22-10-8-9-21(16-22)24-15-19(3)13-14-20(24)4/h5-16,18,25H,17H2,1-4H3. The maximum absolute atomic E-state index is 13.3. The average Bonchev–Trinajstić information content (AvgIpc) is 3.14. The SMILES string of the molecule is Cc1ccc(C)c(-c2cccc(C3CN(S(=O)(=O)c4ccccc4)C(=O)N3C(C)C)c2)c1. The van der Waals surface area contributed by atoms with Gasteiger partial charge >= 0.3 is 6.03 Å². The van der Waals surface area contributed by atoms with Crippen molar-refractivity contribution in [2.45, 2.75) is 44.7 Å². The zero-order valence-corrected chi connectivity index (χ0v) is 19.6. The van der Waals surface area contributed by atoms with Gasteiger partial charge in [-0.2, -0.15) is 0 Å². The molecule has 0 N–H and O–H groups in total. The van der Waals surface area contributed by atoms with E-state index in [1.54, 1.807) is 23.1 Å². The normalized spacial score (nSPS) is 16.8. The van der Waals surface area contributed by atoms with Gasteiger partial charge in [0.2, 0.25) is 0 Å². The Hall–Kier alpha value is -3.12. The highest BCUT2D eigenvalue weighted by atomic mass is 32.2. The van der Waals surface area contributed by atoms with Crippen LogP contribution in [0.5, 0.6) is 0 Å². The van der Waals surface area contributed by atoms with Gasteiger partial charge in [-0.25, -0.2) is 17.5 Å². The number of aryl methyl sites for hydroxylation is 2. The molecule has 1 fully saturated rings. The molecule has 1 unspecified atom stereocenters. The summed E-state index contributed by atoms with van der Waals surface area (Å²) >= 11 is 0. The summed E-state index contributed by atoms with van der Waals surface area (Å²) in [7, 11) is -3.93. The fraction of sp³-hybridized carbons (Fsp3) is 0.269. The summed E-state index contributed by atoms with van der Waals surface area (Å²) in [6, 6.07) is 21.6. The summed E-state index contributed by atoms with van der Waals surface area (Å²) in [6.45, 7) is 8.06. The van der Waals surface area contributed by atoms with Gasteiger partial charge < -0.3 is 4.90 Å². The first-order valence-electron chi connectivity index (χ1n) is 10.8. The van der Waals surface area contributed by atoms with E-state index >= 15 is 0 Å². The van der Waals surface area contributed by atoms with E-state index in [2.05, 4.69) is 44.2 Å². The van der Waals surface area contributed by atoms with E-state index in [9.17, 15) is 13.2 Å². The molecule has 5 nitrogen and oxygen atoms in total. The van der Waals surface area contributed by atoms with Gasteiger partial charge in [0.25, 0.3) is 10.0 Å². The van der Waals surface area contributed by atoms with Crippen LogP contribution in [0.2, 0.25) is 0 Å². The average molecular weight is 449 g/mol. The predicted molar refractivity (Wildman–Crippen MR) is 127 cm³/mol. The highest BCUT2D eigenvalue weighted by Crippen LogP contribution is 2.36. The molecule has 1 heterocycles. The first-order valence-corrected chi connectivity index (χ1v) is 12.2. The Morgan fingerprint density at radius 3 is 2.31 bits per heavy atom. The number of amides is 2. The zero-order valence-electron chi connectivity index (χ0n) is 18.8. The third-order valence-corrected chi connectivity index (χ3v) is 7.73. The monoisotopic (exact) mass is 448 g/mol. The van der Waals surface area contributed by atoms with Gasteiger partial charge in [-0.3, -0.25) is 0 Å². The number of urea groups is 1. The Kier molecular flexibility index (Phi) is 5.82. The summed E-state index contributed by atoms with van der Waals surface area (Å²) in [5.74, 6) is 0. The highest BCUT2D eigenvalue weighted by molar-refractivity contribution is 7.89. The molecule has 1 aliphatic rings. The van der Waals surface area contributed by atoms with Crippen molar-refractivity contribution in [3.8, 4) is 11.1 Å². The summed E-state index contributed by atoms with van der Waals surface area (Å²) in [4.78, 5) is 15.1. The molecular formula is C26H28N2O3S. The third kappa shape index (κ3) is 3.91. The van der Waals surface area contributed by atoms with E-state index in [1.807, 2.05) is 26.0 Å². The minimum atomic E-state index is -3.93. The maximum Gasteiger partial charge on any atom is 0.334 e. The first kappa shape index (κ1) is 22.1. The smallest absolute Gasteiger partial charge is 0.312 e. The summed E-state index contributed by atoms with van der Waals surface area (Å²) < 4.78 is 27.5. The number of benzene rings is 3. The van der Waals surface area contributed by atoms with Gasteiger partial charge in [0.15, 0.2) is 0 Å². The van der Waals surface area contributed by atoms with Crippen molar-refractivity contribution in [3.05, 3.63) is 89.5 Å². The Morgan fingerprint density at radius 1 is 0.906 bits per heavy atom. The maximum atomic E-state index is 13.3. The van der Waals surface area contributed by atoms with E-state index in [0.717, 1.165) is 21.0 Å². The van der Waals surface area contributed by atoms with E-state index in [-0.39, 0.29) is 23.5 Å². The molecule has 2 amide bonds. The Bertz CT molecular complexity index is 1250. The van der Waals surface area contributed by atoms with E-state index in [4.69, 9.17) is 0 Å². The van der Waals surface area contributed by atoms with Crippen LogP contribution in [0.15, 0.2) is 77.7 Å². The zero-order chi connectivity index (χ0) is 23.0. The van der Waals surface area contributed by atoms with Gasteiger partial charge in [0.05, 0.1) is 17.5 Å². The number of sulfonamides is 1. The summed E-state index contributed by atoms with van der Waals surface area (Å²) in [5, 5.41) is 0. The van der Waals surface area contributed by atoms with Crippen molar-refractivity contribution in [2.75, 3.05) is 6.54 Å². The van der Waals surface area contributed by atoms with Crippen LogP contribution in [0, 0.1) is 13.8 Å². The van der Waals surface area contributed by atoms with E-state index < -0.39 is 16.1 Å². The van der Waals surface area contributed by atoms with Gasteiger partial charge in [0.1, 0.15) is 0 Å². The second kappa shape index (κ2) is 8.43. The lowest BCUT2D eigenvalue weighted by atomic mass is 9.95. The number of rotatable bonds is 5. The summed E-state index contributed by atoms with van der Waals surface area (Å²) in [5.41, 5.74) is 5.47. The van der Waals surface area contributed by atoms with E-state index in [0.29, 0.717) is 0 Å². The van der Waals surface area contributed by atoms with Crippen molar-refractivity contribution in [1.29, 1.82) is 0 Å². The largest absolute Gasteiger partial charge is 0.334 e. The first-order chi connectivity index (χ1) is 15.2. The van der Waals surface area contributed by atoms with E-state index in [1.165, 1.54) is 23.3 Å². The molecule has 1 atom stereocenters. The molecular weight excluding hydrogens is 420 g/mol. The Morgan fingerprint density at radius 2 is 1.62 bits per heavy atom. The van der Waals surface area contributed by atoms with Gasteiger partial charge in [-0.1, -0.05) is 60.2 Å². The van der Waals surface area contributed by atoms with Crippen molar-refractivity contribution in [2.24, 2.45) is 0 Å². The molecule has 0 spiro atoms. The van der Waals surface area contributed by atoms with Crippen LogP contribution in [-0.2, 0) is 10.0 Å². The van der Waals surface area contributed by atoms with Crippen LogP contribution in [0.3, 0.4) is 0 Å².